The molecule has 3 aromatic rings. The van der Waals surface area contributed by atoms with Gasteiger partial charge in [0.05, 0.1) is 16.8 Å². The molecule has 1 aliphatic rings. The summed E-state index contributed by atoms with van der Waals surface area (Å²) in [7, 11) is 0. The Labute approximate surface area is 176 Å². The Morgan fingerprint density at radius 3 is 2.39 bits per heavy atom. The molecule has 9 heteroatoms. The largest absolute Gasteiger partial charge is 0.445 e. The van der Waals surface area contributed by atoms with Gasteiger partial charge in [0.1, 0.15) is 12.4 Å². The molecule has 0 fully saturated rings. The van der Waals surface area contributed by atoms with Gasteiger partial charge >= 0.3 is 6.09 Å². The molecule has 9 nitrogen and oxygen atoms in total. The summed E-state index contributed by atoms with van der Waals surface area (Å²) in [4.78, 5) is 48.0. The molecule has 4 rings (SSSR count). The number of rotatable bonds is 5. The Hall–Kier alpha value is -4.40. The highest BCUT2D eigenvalue weighted by Crippen LogP contribution is 2.22. The van der Waals surface area contributed by atoms with E-state index in [4.69, 9.17) is 10.5 Å². The zero-order chi connectivity index (χ0) is 22.0. The Kier molecular flexibility index (Phi) is 5.23. The highest BCUT2D eigenvalue weighted by Gasteiger charge is 2.31. The van der Waals surface area contributed by atoms with Crippen molar-refractivity contribution in [2.24, 2.45) is 0 Å². The molecule has 0 saturated carbocycles. The topological polar surface area (TPSA) is 133 Å². The van der Waals surface area contributed by atoms with E-state index in [0.29, 0.717) is 5.69 Å². The third-order valence-corrected chi connectivity index (χ3v) is 4.80. The van der Waals surface area contributed by atoms with Gasteiger partial charge in [-0.05, 0) is 23.3 Å². The van der Waals surface area contributed by atoms with Crippen LogP contribution in [0.3, 0.4) is 0 Å². The van der Waals surface area contributed by atoms with E-state index >= 15 is 0 Å². The Bertz CT molecular complexity index is 1230. The maximum absolute atomic E-state index is 12.5. The van der Waals surface area contributed by atoms with Crippen LogP contribution in [0.5, 0.6) is 0 Å². The first-order valence-electron chi connectivity index (χ1n) is 9.39. The first-order valence-corrected chi connectivity index (χ1v) is 9.39. The zero-order valence-electron chi connectivity index (χ0n) is 16.3. The van der Waals surface area contributed by atoms with E-state index < -0.39 is 23.5 Å². The number of alkyl carbamates (subject to hydrolysis) is 1. The summed E-state index contributed by atoms with van der Waals surface area (Å²) in [5.41, 5.74) is 7.51. The second kappa shape index (κ2) is 8.15. The Balaban J connectivity index is 1.44. The summed E-state index contributed by atoms with van der Waals surface area (Å²) in [5, 5.41) is 4.77. The molecule has 2 aromatic carbocycles. The van der Waals surface area contributed by atoms with E-state index in [1.165, 1.54) is 0 Å². The van der Waals surface area contributed by atoms with Gasteiger partial charge < -0.3 is 15.8 Å². The normalized spacial score (nSPS) is 12.3. The van der Waals surface area contributed by atoms with Crippen molar-refractivity contribution in [3.63, 3.8) is 0 Å². The summed E-state index contributed by atoms with van der Waals surface area (Å²) >= 11 is 0. The van der Waals surface area contributed by atoms with Crippen molar-refractivity contribution < 1.29 is 19.1 Å². The SMILES string of the molecule is Nc1c2c(cc(=O)n1-c1ccc(CNC(=O)OCc3ccccc3)cc1)C(=O)NC2=O. The number of hydrogen-bond donors (Lipinski definition) is 3. The number of anilines is 1. The molecule has 0 spiro atoms. The van der Waals surface area contributed by atoms with Gasteiger partial charge in [-0.3, -0.25) is 24.3 Å². The maximum atomic E-state index is 12.5. The van der Waals surface area contributed by atoms with Crippen LogP contribution in [0, 0.1) is 0 Å². The summed E-state index contributed by atoms with van der Waals surface area (Å²) < 4.78 is 6.31. The first kappa shape index (κ1) is 19.9. The number of hydrogen-bond acceptors (Lipinski definition) is 6. The van der Waals surface area contributed by atoms with Crippen LogP contribution < -0.4 is 21.9 Å². The number of pyridine rings is 1. The van der Waals surface area contributed by atoms with Crippen molar-refractivity contribution in [1.29, 1.82) is 0 Å². The number of benzene rings is 2. The molecule has 1 aliphatic heterocycles. The third kappa shape index (κ3) is 4.01. The molecule has 0 atom stereocenters. The summed E-state index contributed by atoms with van der Waals surface area (Å²) in [6.07, 6.45) is -0.553. The second-order valence-corrected chi connectivity index (χ2v) is 6.86. The lowest BCUT2D eigenvalue weighted by molar-refractivity contribution is 0.0879. The van der Waals surface area contributed by atoms with E-state index in [0.717, 1.165) is 21.8 Å². The minimum atomic E-state index is -0.642. The number of carbonyl (C=O) groups is 3. The van der Waals surface area contributed by atoms with Gasteiger partial charge in [-0.1, -0.05) is 42.5 Å². The number of ether oxygens (including phenoxy) is 1. The highest BCUT2D eigenvalue weighted by molar-refractivity contribution is 6.23. The second-order valence-electron chi connectivity index (χ2n) is 6.86. The van der Waals surface area contributed by atoms with Gasteiger partial charge in [0.2, 0.25) is 0 Å². The number of carbonyl (C=O) groups excluding carboxylic acids is 3. The first-order chi connectivity index (χ1) is 14.9. The van der Waals surface area contributed by atoms with E-state index in [9.17, 15) is 19.2 Å². The predicted molar refractivity (Wildman–Crippen MR) is 112 cm³/mol. The standard InChI is InChI=1S/C22H18N4O5/c23-19-18-16(20(28)25-21(18)29)10-17(27)26(19)15-8-6-13(7-9-15)11-24-22(30)31-12-14-4-2-1-3-5-14/h1-10H,11-12,23H2,(H,24,30)(H,25,28,29). The van der Waals surface area contributed by atoms with E-state index in [1.807, 2.05) is 30.3 Å². The van der Waals surface area contributed by atoms with Crippen LogP contribution in [0.4, 0.5) is 10.6 Å². The molecule has 0 saturated heterocycles. The van der Waals surface area contributed by atoms with Crippen LogP contribution in [-0.2, 0) is 17.9 Å². The number of amides is 3. The molecule has 31 heavy (non-hydrogen) atoms. The van der Waals surface area contributed by atoms with Crippen LogP contribution in [-0.4, -0.2) is 22.5 Å². The summed E-state index contributed by atoms with van der Waals surface area (Å²) in [5.74, 6) is -1.39. The van der Waals surface area contributed by atoms with Gasteiger partial charge in [0.25, 0.3) is 17.4 Å². The fraction of sp³-hybridized carbons (Fsp3) is 0.0909. The molecule has 0 radical (unpaired) electrons. The molecule has 156 valence electrons. The monoisotopic (exact) mass is 418 g/mol. The maximum Gasteiger partial charge on any atom is 0.407 e. The molecular weight excluding hydrogens is 400 g/mol. The van der Waals surface area contributed by atoms with Crippen molar-refractivity contribution in [3.8, 4) is 5.69 Å². The molecule has 3 amide bonds. The van der Waals surface area contributed by atoms with Crippen LogP contribution in [0.15, 0.2) is 65.5 Å². The van der Waals surface area contributed by atoms with Crippen molar-refractivity contribution in [1.82, 2.24) is 15.2 Å². The molecule has 4 N–H and O–H groups in total. The molecule has 1 aromatic heterocycles. The van der Waals surface area contributed by atoms with Crippen molar-refractivity contribution in [2.45, 2.75) is 13.2 Å². The molecule has 2 heterocycles. The number of nitrogens with zero attached hydrogens (tertiary/aromatic N) is 1. The van der Waals surface area contributed by atoms with Crippen molar-refractivity contribution >= 4 is 23.7 Å². The molecular formula is C22H18N4O5. The number of fused-ring (bicyclic) bond motifs is 1. The molecule has 0 bridgehead atoms. The summed E-state index contributed by atoms with van der Waals surface area (Å²) in [6.45, 7) is 0.390. The Morgan fingerprint density at radius 1 is 0.968 bits per heavy atom. The summed E-state index contributed by atoms with van der Waals surface area (Å²) in [6, 6.07) is 17.1. The number of nitrogens with two attached hydrogens (primary N) is 1. The number of imide groups is 1. The number of nitrogen functional groups attached to an aromatic ring is 1. The van der Waals surface area contributed by atoms with Crippen LogP contribution in [0.25, 0.3) is 5.69 Å². The van der Waals surface area contributed by atoms with Gasteiger partial charge in [-0.15, -0.1) is 0 Å². The lowest BCUT2D eigenvalue weighted by Crippen LogP contribution is -2.24. The lowest BCUT2D eigenvalue weighted by atomic mass is 10.1. The van der Waals surface area contributed by atoms with Crippen molar-refractivity contribution in [2.75, 3.05) is 5.73 Å². The van der Waals surface area contributed by atoms with Gasteiger partial charge in [0, 0.05) is 12.6 Å². The van der Waals surface area contributed by atoms with Crippen LogP contribution in [0.2, 0.25) is 0 Å². The fourth-order valence-corrected chi connectivity index (χ4v) is 3.26. The average molecular weight is 418 g/mol. The minimum absolute atomic E-state index is 0.0171. The van der Waals surface area contributed by atoms with Crippen LogP contribution >= 0.6 is 0 Å². The van der Waals surface area contributed by atoms with E-state index in [1.54, 1.807) is 24.3 Å². The molecule has 0 aliphatic carbocycles. The molecule has 0 unspecified atom stereocenters. The number of nitrogens with one attached hydrogen (secondary N) is 2. The average Bonchev–Trinajstić information content (AvgIpc) is 3.05. The van der Waals surface area contributed by atoms with E-state index in [-0.39, 0.29) is 30.1 Å². The van der Waals surface area contributed by atoms with Crippen molar-refractivity contribution in [3.05, 3.63) is 93.3 Å². The fourth-order valence-electron chi connectivity index (χ4n) is 3.26. The van der Waals surface area contributed by atoms with Crippen LogP contribution in [0.1, 0.15) is 31.8 Å². The Morgan fingerprint density at radius 2 is 1.68 bits per heavy atom. The lowest BCUT2D eigenvalue weighted by Gasteiger charge is -2.12. The highest BCUT2D eigenvalue weighted by atomic mass is 16.5. The van der Waals surface area contributed by atoms with Gasteiger partial charge in [-0.25, -0.2) is 4.79 Å². The smallest absolute Gasteiger partial charge is 0.407 e. The van der Waals surface area contributed by atoms with E-state index in [2.05, 4.69) is 10.6 Å². The van der Waals surface area contributed by atoms with Gasteiger partial charge in [0.15, 0.2) is 0 Å². The number of aromatic nitrogens is 1. The van der Waals surface area contributed by atoms with Gasteiger partial charge in [-0.2, -0.15) is 0 Å². The third-order valence-electron chi connectivity index (χ3n) is 4.80. The zero-order valence-corrected chi connectivity index (χ0v) is 16.3. The predicted octanol–water partition coefficient (Wildman–Crippen LogP) is 1.73. The minimum Gasteiger partial charge on any atom is -0.445 e. The quantitative estimate of drug-likeness (QED) is 0.541.